The van der Waals surface area contributed by atoms with E-state index in [-0.39, 0.29) is 30.9 Å². The number of unbranched alkanes of at least 4 members (excludes halogenated alkanes) is 2. The van der Waals surface area contributed by atoms with Gasteiger partial charge in [0.25, 0.3) is 0 Å². The average molecular weight is 286 g/mol. The molecule has 0 aromatic rings. The lowest BCUT2D eigenvalue weighted by Gasteiger charge is -2.12. The minimum Gasteiger partial charge on any atom is -0.465 e. The molecule has 4 heteroatoms. The summed E-state index contributed by atoms with van der Waals surface area (Å²) in [5.74, 6) is -0.110. The van der Waals surface area contributed by atoms with E-state index >= 15 is 0 Å². The Balaban J connectivity index is 3.59. The molecule has 0 aliphatic rings. The van der Waals surface area contributed by atoms with Gasteiger partial charge in [0.1, 0.15) is 0 Å². The van der Waals surface area contributed by atoms with Crippen molar-refractivity contribution in [1.29, 1.82) is 0 Å². The lowest BCUT2D eigenvalue weighted by atomic mass is 10.1. The lowest BCUT2D eigenvalue weighted by molar-refractivity contribution is -0.149. The zero-order valence-electron chi connectivity index (χ0n) is 13.4. The van der Waals surface area contributed by atoms with Crippen LogP contribution in [-0.2, 0) is 19.1 Å². The fourth-order valence-electron chi connectivity index (χ4n) is 1.73. The van der Waals surface area contributed by atoms with Gasteiger partial charge in [-0.25, -0.2) is 0 Å². The molecule has 0 spiro atoms. The molecule has 4 nitrogen and oxygen atoms in total. The van der Waals surface area contributed by atoms with Crippen LogP contribution in [0.15, 0.2) is 0 Å². The molecule has 0 heterocycles. The third-order valence-corrected chi connectivity index (χ3v) is 2.89. The van der Waals surface area contributed by atoms with Crippen LogP contribution < -0.4 is 0 Å². The Kier molecular flexibility index (Phi) is 11.1. The number of carbonyl (C=O) groups excluding carboxylic acids is 2. The number of carbonyl (C=O) groups is 2. The van der Waals surface area contributed by atoms with Gasteiger partial charge in [0.05, 0.1) is 12.7 Å². The van der Waals surface area contributed by atoms with Gasteiger partial charge in [-0.3, -0.25) is 9.59 Å². The van der Waals surface area contributed by atoms with Crippen LogP contribution in [-0.4, -0.2) is 24.6 Å². The Morgan fingerprint density at radius 3 is 2.20 bits per heavy atom. The van der Waals surface area contributed by atoms with Crippen LogP contribution in [0.5, 0.6) is 0 Å². The van der Waals surface area contributed by atoms with Crippen LogP contribution in [0, 0.1) is 5.92 Å². The molecule has 0 N–H and O–H groups in total. The molecule has 1 atom stereocenters. The standard InChI is InChI=1S/C16H30O4/c1-5-6-7-9-14(4)20-16(18)11-8-10-15(17)19-12-13(2)3/h13-14H,5-12H2,1-4H3. The molecule has 0 radical (unpaired) electrons. The van der Waals surface area contributed by atoms with Crippen molar-refractivity contribution in [2.75, 3.05) is 6.61 Å². The van der Waals surface area contributed by atoms with Crippen molar-refractivity contribution in [2.45, 2.75) is 78.7 Å². The molecular formula is C16H30O4. The Morgan fingerprint density at radius 1 is 0.950 bits per heavy atom. The second-order valence-electron chi connectivity index (χ2n) is 5.73. The third-order valence-electron chi connectivity index (χ3n) is 2.89. The zero-order chi connectivity index (χ0) is 15.4. The maximum absolute atomic E-state index is 11.6. The molecule has 0 amide bonds. The van der Waals surface area contributed by atoms with Crippen molar-refractivity contribution >= 4 is 11.9 Å². The van der Waals surface area contributed by atoms with E-state index in [1.54, 1.807) is 0 Å². The predicted molar refractivity (Wildman–Crippen MR) is 79.3 cm³/mol. The van der Waals surface area contributed by atoms with E-state index in [2.05, 4.69) is 6.92 Å². The van der Waals surface area contributed by atoms with Crippen molar-refractivity contribution in [3.8, 4) is 0 Å². The van der Waals surface area contributed by atoms with Crippen LogP contribution in [0.2, 0.25) is 0 Å². The lowest BCUT2D eigenvalue weighted by Crippen LogP contribution is -2.15. The van der Waals surface area contributed by atoms with E-state index in [9.17, 15) is 9.59 Å². The summed E-state index contributed by atoms with van der Waals surface area (Å²) in [6.45, 7) is 8.49. The molecule has 20 heavy (non-hydrogen) atoms. The molecule has 0 aromatic carbocycles. The first-order chi connectivity index (χ1) is 9.45. The molecule has 0 aliphatic carbocycles. The summed E-state index contributed by atoms with van der Waals surface area (Å²) in [6, 6.07) is 0. The number of hydrogen-bond acceptors (Lipinski definition) is 4. The topological polar surface area (TPSA) is 52.6 Å². The van der Waals surface area contributed by atoms with Crippen LogP contribution in [0.3, 0.4) is 0 Å². The Hall–Kier alpha value is -1.06. The number of ether oxygens (including phenoxy) is 2. The summed E-state index contributed by atoms with van der Waals surface area (Å²) in [5, 5.41) is 0. The predicted octanol–water partition coefficient (Wildman–Crippen LogP) is 3.87. The summed E-state index contributed by atoms with van der Waals surface area (Å²) in [4.78, 5) is 22.9. The van der Waals surface area contributed by atoms with Gasteiger partial charge in [0.15, 0.2) is 0 Å². The molecule has 0 bridgehead atoms. The maximum Gasteiger partial charge on any atom is 0.306 e. The minimum atomic E-state index is -0.234. The van der Waals surface area contributed by atoms with E-state index in [1.807, 2.05) is 20.8 Å². The quantitative estimate of drug-likeness (QED) is 0.427. The van der Waals surface area contributed by atoms with Crippen molar-refractivity contribution in [2.24, 2.45) is 5.92 Å². The van der Waals surface area contributed by atoms with Gasteiger partial charge < -0.3 is 9.47 Å². The van der Waals surface area contributed by atoms with Crippen molar-refractivity contribution < 1.29 is 19.1 Å². The average Bonchev–Trinajstić information content (AvgIpc) is 2.36. The van der Waals surface area contributed by atoms with E-state index in [0.717, 1.165) is 12.8 Å². The fraction of sp³-hybridized carbons (Fsp3) is 0.875. The first-order valence-electron chi connectivity index (χ1n) is 7.80. The molecule has 0 aromatic heterocycles. The first-order valence-corrected chi connectivity index (χ1v) is 7.80. The molecule has 0 fully saturated rings. The minimum absolute atomic E-state index is 0.0260. The van der Waals surface area contributed by atoms with Crippen LogP contribution in [0.25, 0.3) is 0 Å². The molecule has 118 valence electrons. The first kappa shape index (κ1) is 18.9. The van der Waals surface area contributed by atoms with E-state index in [0.29, 0.717) is 18.9 Å². The number of hydrogen-bond donors (Lipinski definition) is 0. The number of esters is 2. The van der Waals surface area contributed by atoms with Gasteiger partial charge >= 0.3 is 11.9 Å². The van der Waals surface area contributed by atoms with Gasteiger partial charge in [-0.05, 0) is 32.1 Å². The summed E-state index contributed by atoms with van der Waals surface area (Å²) in [5.41, 5.74) is 0. The summed E-state index contributed by atoms with van der Waals surface area (Å²) >= 11 is 0. The van der Waals surface area contributed by atoms with Crippen LogP contribution >= 0.6 is 0 Å². The molecule has 0 saturated carbocycles. The largest absolute Gasteiger partial charge is 0.465 e. The SMILES string of the molecule is CCCCCC(C)OC(=O)CCCC(=O)OCC(C)C. The highest BCUT2D eigenvalue weighted by atomic mass is 16.5. The second kappa shape index (κ2) is 11.7. The Morgan fingerprint density at radius 2 is 1.60 bits per heavy atom. The highest BCUT2D eigenvalue weighted by Gasteiger charge is 2.11. The van der Waals surface area contributed by atoms with Gasteiger partial charge in [0.2, 0.25) is 0 Å². The molecular weight excluding hydrogens is 256 g/mol. The Bertz CT molecular complexity index is 274. The van der Waals surface area contributed by atoms with Gasteiger partial charge in [-0.2, -0.15) is 0 Å². The monoisotopic (exact) mass is 286 g/mol. The molecule has 0 aliphatic heterocycles. The fourth-order valence-corrected chi connectivity index (χ4v) is 1.73. The second-order valence-corrected chi connectivity index (χ2v) is 5.73. The van der Waals surface area contributed by atoms with E-state index in [1.165, 1.54) is 12.8 Å². The van der Waals surface area contributed by atoms with Crippen molar-refractivity contribution in [3.05, 3.63) is 0 Å². The Labute approximate surface area is 123 Å². The zero-order valence-corrected chi connectivity index (χ0v) is 13.4. The number of rotatable bonds is 11. The smallest absolute Gasteiger partial charge is 0.306 e. The summed E-state index contributed by atoms with van der Waals surface area (Å²) in [6.07, 6.45) is 5.38. The molecule has 0 rings (SSSR count). The van der Waals surface area contributed by atoms with Crippen LogP contribution in [0.4, 0.5) is 0 Å². The van der Waals surface area contributed by atoms with Gasteiger partial charge in [-0.15, -0.1) is 0 Å². The third kappa shape index (κ3) is 12.0. The van der Waals surface area contributed by atoms with E-state index in [4.69, 9.17) is 9.47 Å². The maximum atomic E-state index is 11.6. The summed E-state index contributed by atoms with van der Waals surface area (Å²) in [7, 11) is 0. The normalized spacial score (nSPS) is 12.2. The highest BCUT2D eigenvalue weighted by molar-refractivity contribution is 5.72. The molecule has 0 saturated heterocycles. The van der Waals surface area contributed by atoms with Gasteiger partial charge in [-0.1, -0.05) is 33.6 Å². The van der Waals surface area contributed by atoms with Gasteiger partial charge in [0, 0.05) is 12.8 Å². The van der Waals surface area contributed by atoms with E-state index < -0.39 is 0 Å². The van der Waals surface area contributed by atoms with Crippen molar-refractivity contribution in [3.63, 3.8) is 0 Å². The summed E-state index contributed by atoms with van der Waals surface area (Å²) < 4.78 is 10.3. The van der Waals surface area contributed by atoms with Crippen LogP contribution in [0.1, 0.15) is 72.6 Å². The highest BCUT2D eigenvalue weighted by Crippen LogP contribution is 2.08. The van der Waals surface area contributed by atoms with Crippen molar-refractivity contribution in [1.82, 2.24) is 0 Å². The molecule has 1 unspecified atom stereocenters.